The highest BCUT2D eigenvalue weighted by atomic mass is 16.6. The lowest BCUT2D eigenvalue weighted by Crippen LogP contribution is -2.55. The van der Waals surface area contributed by atoms with Crippen LogP contribution < -0.4 is 5.43 Å². The van der Waals surface area contributed by atoms with Gasteiger partial charge in [-0.25, -0.2) is 0 Å². The maximum atomic E-state index is 11.2. The van der Waals surface area contributed by atoms with E-state index in [4.69, 9.17) is 0 Å². The van der Waals surface area contributed by atoms with Gasteiger partial charge in [0.25, 0.3) is 5.69 Å². The molecule has 0 aliphatic heterocycles. The zero-order chi connectivity index (χ0) is 17.8. The molecule has 0 radical (unpaired) electrons. The number of anilines is 1. The molecule has 0 aromatic heterocycles. The van der Waals surface area contributed by atoms with Gasteiger partial charge in [-0.15, -0.1) is 0 Å². The number of hydrogen-bond donors (Lipinski definition) is 2. The minimum atomic E-state index is -0.666. The van der Waals surface area contributed by atoms with Gasteiger partial charge >= 0.3 is 5.69 Å². The van der Waals surface area contributed by atoms with Gasteiger partial charge in [0.05, 0.1) is 21.5 Å². The van der Waals surface area contributed by atoms with Crippen LogP contribution in [0.15, 0.2) is 23.3 Å². The van der Waals surface area contributed by atoms with Crippen LogP contribution in [0, 0.1) is 38.0 Å². The van der Waals surface area contributed by atoms with Gasteiger partial charge in [0, 0.05) is 23.6 Å². The second-order valence-electron chi connectivity index (χ2n) is 7.43. The van der Waals surface area contributed by atoms with Crippen LogP contribution in [0.5, 0.6) is 0 Å². The van der Waals surface area contributed by atoms with E-state index in [1.807, 2.05) is 0 Å². The van der Waals surface area contributed by atoms with Gasteiger partial charge in [-0.3, -0.25) is 25.7 Å². The Balaban J connectivity index is 1.60. The van der Waals surface area contributed by atoms with E-state index in [0.717, 1.165) is 31.0 Å². The van der Waals surface area contributed by atoms with Crippen molar-refractivity contribution >= 4 is 22.8 Å². The zero-order valence-electron chi connectivity index (χ0n) is 13.4. The summed E-state index contributed by atoms with van der Waals surface area (Å²) in [6.45, 7) is 0. The summed E-state index contributed by atoms with van der Waals surface area (Å²) in [7, 11) is 0. The molecular weight excluding hydrogens is 328 g/mol. The summed E-state index contributed by atoms with van der Waals surface area (Å²) >= 11 is 0. The van der Waals surface area contributed by atoms with Crippen molar-refractivity contribution in [3.05, 3.63) is 38.4 Å². The molecule has 4 aliphatic rings. The maximum absolute atomic E-state index is 11.2. The van der Waals surface area contributed by atoms with Crippen molar-refractivity contribution in [1.29, 1.82) is 0 Å². The van der Waals surface area contributed by atoms with E-state index in [2.05, 4.69) is 10.5 Å². The molecule has 9 nitrogen and oxygen atoms in total. The van der Waals surface area contributed by atoms with E-state index in [-0.39, 0.29) is 28.9 Å². The van der Waals surface area contributed by atoms with Crippen molar-refractivity contribution in [2.24, 2.45) is 22.9 Å². The molecule has 0 unspecified atom stereocenters. The third kappa shape index (κ3) is 2.74. The molecule has 4 fully saturated rings. The summed E-state index contributed by atoms with van der Waals surface area (Å²) in [5, 5.41) is 37.0. The first-order valence-electron chi connectivity index (χ1n) is 8.33. The number of nitrogens with zero attached hydrogens (tertiary/aromatic N) is 3. The Morgan fingerprint density at radius 3 is 2.36 bits per heavy atom. The minimum Gasteiger partial charge on any atom is -0.390 e. The summed E-state index contributed by atoms with van der Waals surface area (Å²) < 4.78 is 0. The van der Waals surface area contributed by atoms with Gasteiger partial charge < -0.3 is 5.11 Å². The van der Waals surface area contributed by atoms with Gasteiger partial charge in [-0.1, -0.05) is 0 Å². The number of rotatable bonds is 4. The highest BCUT2D eigenvalue weighted by Gasteiger charge is 2.53. The Morgan fingerprint density at radius 1 is 1.12 bits per heavy atom. The van der Waals surface area contributed by atoms with Crippen molar-refractivity contribution in [3.63, 3.8) is 0 Å². The van der Waals surface area contributed by atoms with Crippen LogP contribution in [0.25, 0.3) is 0 Å². The van der Waals surface area contributed by atoms with E-state index in [0.29, 0.717) is 18.8 Å². The smallest absolute Gasteiger partial charge is 0.301 e. The second kappa shape index (κ2) is 5.48. The van der Waals surface area contributed by atoms with Crippen molar-refractivity contribution < 1.29 is 15.0 Å². The highest BCUT2D eigenvalue weighted by molar-refractivity contribution is 5.92. The van der Waals surface area contributed by atoms with Crippen LogP contribution >= 0.6 is 0 Å². The number of hydrazone groups is 1. The second-order valence-corrected chi connectivity index (χ2v) is 7.43. The van der Waals surface area contributed by atoms with Gasteiger partial charge in [0.1, 0.15) is 5.69 Å². The fraction of sp³-hybridized carbons (Fsp3) is 0.562. The molecule has 1 aromatic carbocycles. The lowest BCUT2D eigenvalue weighted by atomic mass is 9.53. The molecule has 0 spiro atoms. The Hall–Kier alpha value is -2.55. The number of nitrogens with one attached hydrogen (secondary N) is 1. The van der Waals surface area contributed by atoms with E-state index < -0.39 is 15.4 Å². The SMILES string of the molecule is O=[N+]([O-])c1ccc(NN=C2[C@H]3CC4C[C@H]2CC(O)(C4)C3)c([N+](=O)[O-])c1. The average molecular weight is 346 g/mol. The molecule has 4 saturated carbocycles. The molecule has 4 aliphatic carbocycles. The predicted octanol–water partition coefficient (Wildman–Crippen LogP) is 2.84. The number of benzene rings is 1. The molecule has 4 bridgehead atoms. The first kappa shape index (κ1) is 15.9. The largest absolute Gasteiger partial charge is 0.390 e. The predicted molar refractivity (Wildman–Crippen MR) is 89.3 cm³/mol. The molecule has 0 heterocycles. The van der Waals surface area contributed by atoms with E-state index >= 15 is 0 Å². The van der Waals surface area contributed by atoms with Crippen LogP contribution in [-0.4, -0.2) is 26.3 Å². The third-order valence-electron chi connectivity index (χ3n) is 5.69. The van der Waals surface area contributed by atoms with Crippen LogP contribution in [0.4, 0.5) is 17.1 Å². The number of hydrogen-bond acceptors (Lipinski definition) is 7. The Bertz CT molecular complexity index is 775. The topological polar surface area (TPSA) is 131 Å². The molecule has 132 valence electrons. The Kier molecular flexibility index (Phi) is 3.50. The van der Waals surface area contributed by atoms with Crippen LogP contribution in [-0.2, 0) is 0 Å². The number of aliphatic hydroxyl groups is 1. The molecule has 0 amide bonds. The lowest BCUT2D eigenvalue weighted by Gasteiger charge is -2.54. The van der Waals surface area contributed by atoms with E-state index in [1.165, 1.54) is 12.1 Å². The van der Waals surface area contributed by atoms with Crippen molar-refractivity contribution in [2.75, 3.05) is 5.43 Å². The maximum Gasteiger partial charge on any atom is 0.301 e. The molecule has 25 heavy (non-hydrogen) atoms. The summed E-state index contributed by atoms with van der Waals surface area (Å²) in [6.07, 6.45) is 4.27. The number of nitro benzene ring substituents is 2. The molecule has 1 aromatic rings. The zero-order valence-corrected chi connectivity index (χ0v) is 13.4. The Morgan fingerprint density at radius 2 is 1.80 bits per heavy atom. The first-order valence-corrected chi connectivity index (χ1v) is 8.33. The van der Waals surface area contributed by atoms with E-state index in [9.17, 15) is 25.3 Å². The Labute approximate surface area is 143 Å². The van der Waals surface area contributed by atoms with Crippen molar-refractivity contribution in [3.8, 4) is 0 Å². The van der Waals surface area contributed by atoms with Crippen molar-refractivity contribution in [1.82, 2.24) is 0 Å². The van der Waals surface area contributed by atoms with E-state index in [1.54, 1.807) is 0 Å². The summed E-state index contributed by atoms with van der Waals surface area (Å²) in [6, 6.07) is 3.46. The summed E-state index contributed by atoms with van der Waals surface area (Å²) in [5.41, 5.74) is 2.56. The lowest BCUT2D eigenvalue weighted by molar-refractivity contribution is -0.393. The highest BCUT2D eigenvalue weighted by Crippen LogP contribution is 2.54. The average Bonchev–Trinajstić information content (AvgIpc) is 2.52. The summed E-state index contributed by atoms with van der Waals surface area (Å²) in [5.74, 6) is 0.955. The standard InChI is InChI=1S/C16H18N4O5/c21-16-6-9-3-10(7-16)15(11(4-9)8-16)18-17-13-2-1-12(19(22)23)5-14(13)20(24)25/h1-2,5,9-11,17,21H,3-4,6-8H2/t9?,10-,11-,16?/m0/s1. The molecule has 0 saturated heterocycles. The molecular formula is C16H18N4O5. The quantitative estimate of drug-likeness (QED) is 0.636. The number of nitro groups is 2. The molecule has 2 N–H and O–H groups in total. The fourth-order valence-corrected chi connectivity index (χ4v) is 4.91. The third-order valence-corrected chi connectivity index (χ3v) is 5.69. The van der Waals surface area contributed by atoms with Crippen molar-refractivity contribution in [2.45, 2.75) is 37.7 Å². The van der Waals surface area contributed by atoms with Gasteiger partial charge in [-0.05, 0) is 44.1 Å². The molecule has 9 heteroatoms. The normalized spacial score (nSPS) is 32.5. The van der Waals surface area contributed by atoms with Crippen LogP contribution in [0.2, 0.25) is 0 Å². The van der Waals surface area contributed by atoms with Gasteiger partial charge in [0.15, 0.2) is 0 Å². The monoisotopic (exact) mass is 346 g/mol. The number of non-ortho nitro benzene ring substituents is 1. The van der Waals surface area contributed by atoms with Gasteiger partial charge in [0.2, 0.25) is 0 Å². The van der Waals surface area contributed by atoms with Crippen LogP contribution in [0.3, 0.4) is 0 Å². The van der Waals surface area contributed by atoms with Gasteiger partial charge in [-0.2, -0.15) is 5.10 Å². The first-order chi connectivity index (χ1) is 11.8. The van der Waals surface area contributed by atoms with Crippen LogP contribution in [0.1, 0.15) is 32.1 Å². The fourth-order valence-electron chi connectivity index (χ4n) is 4.91. The molecule has 5 rings (SSSR count). The minimum absolute atomic E-state index is 0.135. The summed E-state index contributed by atoms with van der Waals surface area (Å²) in [4.78, 5) is 20.7. The molecule has 2 atom stereocenters.